The van der Waals surface area contributed by atoms with Gasteiger partial charge >= 0.3 is 0 Å². The van der Waals surface area contributed by atoms with Crippen molar-refractivity contribution in [2.24, 2.45) is 0 Å². The number of rotatable bonds is 0. The molecule has 0 spiro atoms. The molecule has 0 unspecified atom stereocenters. The van der Waals surface area contributed by atoms with Gasteiger partial charge in [-0.3, -0.25) is 0 Å². The number of fused-ring (bicyclic) bond motifs is 1. The van der Waals surface area contributed by atoms with Gasteiger partial charge in [0.2, 0.25) is 0 Å². The fourth-order valence-electron chi connectivity index (χ4n) is 2.26. The highest BCUT2D eigenvalue weighted by molar-refractivity contribution is 5.82. The van der Waals surface area contributed by atoms with Crippen molar-refractivity contribution >= 4 is 11.0 Å². The fraction of sp³-hybridized carbons (Fsp3) is 0.118. The SMILES string of the molecule is Cc1cc(C)cc(C#Cc2ccnc3[nH]ccc23)c1. The number of H-pyrrole nitrogens is 1. The highest BCUT2D eigenvalue weighted by Crippen LogP contribution is 2.14. The quantitative estimate of drug-likeness (QED) is 0.603. The Hall–Kier alpha value is -2.53. The van der Waals surface area contributed by atoms with Crippen molar-refractivity contribution in [2.75, 3.05) is 0 Å². The fourth-order valence-corrected chi connectivity index (χ4v) is 2.26. The molecule has 0 amide bonds. The Labute approximate surface area is 112 Å². The van der Waals surface area contributed by atoms with E-state index in [0.717, 1.165) is 22.2 Å². The van der Waals surface area contributed by atoms with Crippen LogP contribution in [0.15, 0.2) is 42.7 Å². The second-order valence-electron chi connectivity index (χ2n) is 4.72. The molecule has 0 aliphatic carbocycles. The molecule has 3 rings (SSSR count). The number of hydrogen-bond donors (Lipinski definition) is 1. The van der Waals surface area contributed by atoms with Gasteiger partial charge in [0, 0.05) is 28.9 Å². The average molecular weight is 246 g/mol. The van der Waals surface area contributed by atoms with E-state index >= 15 is 0 Å². The van der Waals surface area contributed by atoms with E-state index in [4.69, 9.17) is 0 Å². The number of aryl methyl sites for hydroxylation is 2. The second kappa shape index (κ2) is 4.62. The van der Waals surface area contributed by atoms with E-state index in [1.807, 2.05) is 18.3 Å². The van der Waals surface area contributed by atoms with E-state index in [9.17, 15) is 0 Å². The smallest absolute Gasteiger partial charge is 0.138 e. The maximum atomic E-state index is 4.26. The van der Waals surface area contributed by atoms with E-state index in [0.29, 0.717) is 0 Å². The highest BCUT2D eigenvalue weighted by atomic mass is 14.8. The third kappa shape index (κ3) is 2.36. The summed E-state index contributed by atoms with van der Waals surface area (Å²) in [6.45, 7) is 4.18. The van der Waals surface area contributed by atoms with Gasteiger partial charge in [0.1, 0.15) is 5.65 Å². The van der Waals surface area contributed by atoms with Crippen LogP contribution in [-0.2, 0) is 0 Å². The van der Waals surface area contributed by atoms with Gasteiger partial charge in [0.05, 0.1) is 0 Å². The third-order valence-electron chi connectivity index (χ3n) is 3.02. The maximum Gasteiger partial charge on any atom is 0.138 e. The predicted molar refractivity (Wildman–Crippen MR) is 78.0 cm³/mol. The minimum absolute atomic E-state index is 0.882. The van der Waals surface area contributed by atoms with Crippen LogP contribution in [0.5, 0.6) is 0 Å². The van der Waals surface area contributed by atoms with Crippen molar-refractivity contribution in [3.8, 4) is 11.8 Å². The lowest BCUT2D eigenvalue weighted by Crippen LogP contribution is -1.83. The first-order valence-corrected chi connectivity index (χ1v) is 6.25. The van der Waals surface area contributed by atoms with Crippen LogP contribution in [0, 0.1) is 25.7 Å². The van der Waals surface area contributed by atoms with Crippen molar-refractivity contribution in [1.29, 1.82) is 0 Å². The molecular formula is C17H14N2. The minimum atomic E-state index is 0.882. The Morgan fingerprint density at radius 1 is 1.00 bits per heavy atom. The van der Waals surface area contributed by atoms with Gasteiger partial charge in [0.15, 0.2) is 0 Å². The van der Waals surface area contributed by atoms with Crippen LogP contribution in [0.25, 0.3) is 11.0 Å². The van der Waals surface area contributed by atoms with Crippen molar-refractivity contribution < 1.29 is 0 Å². The molecule has 1 aromatic carbocycles. The van der Waals surface area contributed by atoms with Crippen LogP contribution in [0.3, 0.4) is 0 Å². The van der Waals surface area contributed by atoms with Crippen molar-refractivity contribution in [3.63, 3.8) is 0 Å². The summed E-state index contributed by atoms with van der Waals surface area (Å²) in [7, 11) is 0. The molecule has 2 heteroatoms. The topological polar surface area (TPSA) is 28.7 Å². The molecule has 0 radical (unpaired) electrons. The van der Waals surface area contributed by atoms with Crippen LogP contribution in [-0.4, -0.2) is 9.97 Å². The van der Waals surface area contributed by atoms with Gasteiger partial charge in [-0.05, 0) is 49.2 Å². The lowest BCUT2D eigenvalue weighted by Gasteiger charge is -1.98. The molecule has 92 valence electrons. The Balaban J connectivity index is 2.06. The van der Waals surface area contributed by atoms with Crippen LogP contribution >= 0.6 is 0 Å². The van der Waals surface area contributed by atoms with E-state index in [1.165, 1.54) is 11.1 Å². The zero-order valence-electron chi connectivity index (χ0n) is 11.0. The van der Waals surface area contributed by atoms with Gasteiger partial charge in [-0.1, -0.05) is 17.9 Å². The van der Waals surface area contributed by atoms with Crippen molar-refractivity contribution in [3.05, 3.63) is 65.0 Å². The summed E-state index contributed by atoms with van der Waals surface area (Å²) < 4.78 is 0. The summed E-state index contributed by atoms with van der Waals surface area (Å²) in [5.74, 6) is 6.47. The summed E-state index contributed by atoms with van der Waals surface area (Å²) in [5.41, 5.74) is 5.42. The predicted octanol–water partition coefficient (Wildman–Crippen LogP) is 3.58. The normalized spacial score (nSPS) is 10.2. The van der Waals surface area contributed by atoms with Gasteiger partial charge < -0.3 is 4.98 Å². The summed E-state index contributed by atoms with van der Waals surface area (Å²) in [6.07, 6.45) is 3.67. The van der Waals surface area contributed by atoms with Crippen LogP contribution in [0.1, 0.15) is 22.3 Å². The van der Waals surface area contributed by atoms with Gasteiger partial charge in [-0.2, -0.15) is 0 Å². The third-order valence-corrected chi connectivity index (χ3v) is 3.02. The molecular weight excluding hydrogens is 232 g/mol. The number of nitrogens with one attached hydrogen (secondary N) is 1. The largest absolute Gasteiger partial charge is 0.346 e. The number of nitrogens with zero attached hydrogens (tertiary/aromatic N) is 1. The summed E-state index contributed by atoms with van der Waals surface area (Å²) >= 11 is 0. The van der Waals surface area contributed by atoms with Gasteiger partial charge in [0.25, 0.3) is 0 Å². The zero-order valence-corrected chi connectivity index (χ0v) is 11.0. The molecule has 19 heavy (non-hydrogen) atoms. The molecule has 0 aliphatic heterocycles. The van der Waals surface area contributed by atoms with E-state index in [1.54, 1.807) is 6.20 Å². The van der Waals surface area contributed by atoms with E-state index < -0.39 is 0 Å². The van der Waals surface area contributed by atoms with E-state index in [2.05, 4.69) is 53.9 Å². The van der Waals surface area contributed by atoms with Crippen molar-refractivity contribution in [1.82, 2.24) is 9.97 Å². The molecule has 0 aliphatic rings. The molecule has 0 atom stereocenters. The Kier molecular flexibility index (Phi) is 2.81. The van der Waals surface area contributed by atoms with E-state index in [-0.39, 0.29) is 0 Å². The van der Waals surface area contributed by atoms with Crippen LogP contribution in [0.2, 0.25) is 0 Å². The van der Waals surface area contributed by atoms with Gasteiger partial charge in [-0.15, -0.1) is 0 Å². The summed E-state index contributed by atoms with van der Waals surface area (Å²) in [6, 6.07) is 10.3. The molecule has 1 N–H and O–H groups in total. The lowest BCUT2D eigenvalue weighted by atomic mass is 10.1. The van der Waals surface area contributed by atoms with Gasteiger partial charge in [-0.25, -0.2) is 4.98 Å². The summed E-state index contributed by atoms with van der Waals surface area (Å²) in [5, 5.41) is 1.07. The first kappa shape index (κ1) is 11.6. The molecule has 2 heterocycles. The van der Waals surface area contributed by atoms with Crippen molar-refractivity contribution in [2.45, 2.75) is 13.8 Å². The Bertz CT molecular complexity index is 780. The molecule has 0 saturated heterocycles. The number of benzene rings is 1. The number of pyridine rings is 1. The zero-order chi connectivity index (χ0) is 13.2. The molecule has 0 fully saturated rings. The lowest BCUT2D eigenvalue weighted by molar-refractivity contribution is 1.32. The monoisotopic (exact) mass is 246 g/mol. The second-order valence-corrected chi connectivity index (χ2v) is 4.72. The first-order valence-electron chi connectivity index (χ1n) is 6.25. The standard InChI is InChI=1S/C17H14N2/c1-12-9-13(2)11-14(10-12)3-4-15-5-7-18-17-16(15)6-8-19-17/h5-11H,1-2H3,(H,18,19). The molecule has 2 aromatic heterocycles. The number of aromatic nitrogens is 2. The molecule has 0 bridgehead atoms. The highest BCUT2D eigenvalue weighted by Gasteiger charge is 1.99. The van der Waals surface area contributed by atoms with Crippen LogP contribution in [0.4, 0.5) is 0 Å². The maximum absolute atomic E-state index is 4.26. The Morgan fingerprint density at radius 2 is 1.79 bits per heavy atom. The molecule has 2 nitrogen and oxygen atoms in total. The Morgan fingerprint density at radius 3 is 2.58 bits per heavy atom. The first-order chi connectivity index (χ1) is 9.22. The summed E-state index contributed by atoms with van der Waals surface area (Å²) in [4.78, 5) is 7.36. The van der Waals surface area contributed by atoms with Crippen LogP contribution < -0.4 is 0 Å². The minimum Gasteiger partial charge on any atom is -0.346 e. The number of hydrogen-bond acceptors (Lipinski definition) is 1. The average Bonchev–Trinajstić information content (AvgIpc) is 2.83. The number of aromatic amines is 1. The molecule has 0 saturated carbocycles. The molecule has 3 aromatic rings.